The van der Waals surface area contributed by atoms with Crippen LogP contribution < -0.4 is 10.9 Å². The number of anilines is 1. The molecule has 0 bridgehead atoms. The maximum absolute atomic E-state index is 12.6. The first-order valence-corrected chi connectivity index (χ1v) is 8.81. The van der Waals surface area contributed by atoms with Crippen molar-refractivity contribution >= 4 is 61.2 Å². The van der Waals surface area contributed by atoms with E-state index in [1.165, 1.54) is 10.9 Å². The lowest BCUT2D eigenvalue weighted by atomic mass is 10.2. The third kappa shape index (κ3) is 3.00. The summed E-state index contributed by atoms with van der Waals surface area (Å²) in [6.07, 6.45) is 1.34. The molecule has 0 saturated heterocycles. The standard InChI is InChI=1S/C18H11BrClN3O3/c19-10-5-6-13(12(20)7-10)22-15(24)8-23-9-21-16-11-3-1-2-4-14(11)26-17(16)18(23)25/h1-7,9H,8H2,(H,22,24). The predicted molar refractivity (Wildman–Crippen MR) is 104 cm³/mol. The second kappa shape index (κ2) is 6.59. The Morgan fingerprint density at radius 3 is 2.88 bits per heavy atom. The Morgan fingerprint density at radius 2 is 2.08 bits per heavy atom. The Kier molecular flexibility index (Phi) is 4.26. The van der Waals surface area contributed by atoms with Crippen molar-refractivity contribution in [3.8, 4) is 0 Å². The lowest BCUT2D eigenvalue weighted by molar-refractivity contribution is -0.116. The molecule has 130 valence electrons. The van der Waals surface area contributed by atoms with Crippen LogP contribution in [0.2, 0.25) is 5.02 Å². The molecule has 1 N–H and O–H groups in total. The summed E-state index contributed by atoms with van der Waals surface area (Å²) in [5.74, 6) is -0.395. The summed E-state index contributed by atoms with van der Waals surface area (Å²) in [7, 11) is 0. The van der Waals surface area contributed by atoms with Gasteiger partial charge in [0.15, 0.2) is 0 Å². The number of aromatic nitrogens is 2. The maximum atomic E-state index is 12.6. The number of benzene rings is 2. The number of para-hydroxylation sites is 1. The van der Waals surface area contributed by atoms with E-state index in [4.69, 9.17) is 16.0 Å². The minimum atomic E-state index is -0.414. The first-order valence-electron chi connectivity index (χ1n) is 7.64. The summed E-state index contributed by atoms with van der Waals surface area (Å²) in [5, 5.41) is 3.83. The molecule has 0 atom stereocenters. The number of amides is 1. The molecule has 0 spiro atoms. The molecule has 26 heavy (non-hydrogen) atoms. The summed E-state index contributed by atoms with van der Waals surface area (Å²) >= 11 is 9.39. The van der Waals surface area contributed by atoms with Gasteiger partial charge < -0.3 is 9.73 Å². The second-order valence-corrected chi connectivity index (χ2v) is 6.95. The van der Waals surface area contributed by atoms with Crippen LogP contribution in [0.25, 0.3) is 22.1 Å². The van der Waals surface area contributed by atoms with E-state index in [9.17, 15) is 9.59 Å². The third-order valence-electron chi connectivity index (χ3n) is 3.87. The van der Waals surface area contributed by atoms with Crippen molar-refractivity contribution in [1.82, 2.24) is 9.55 Å². The van der Waals surface area contributed by atoms with Gasteiger partial charge in [0.1, 0.15) is 17.6 Å². The van der Waals surface area contributed by atoms with Gasteiger partial charge in [0.2, 0.25) is 11.5 Å². The number of furan rings is 1. The van der Waals surface area contributed by atoms with Crippen molar-refractivity contribution in [3.63, 3.8) is 0 Å². The molecule has 2 aromatic heterocycles. The maximum Gasteiger partial charge on any atom is 0.297 e. The molecule has 0 aliphatic heterocycles. The van der Waals surface area contributed by atoms with Crippen molar-refractivity contribution in [2.45, 2.75) is 6.54 Å². The summed E-state index contributed by atoms with van der Waals surface area (Å²) < 4.78 is 7.61. The molecule has 4 aromatic rings. The molecule has 0 aliphatic carbocycles. The SMILES string of the molecule is O=C(Cn1cnc2c(oc3ccccc32)c1=O)Nc1ccc(Br)cc1Cl. The van der Waals surface area contributed by atoms with Gasteiger partial charge in [0, 0.05) is 9.86 Å². The molecule has 0 aliphatic rings. The van der Waals surface area contributed by atoms with Crippen molar-refractivity contribution in [2.24, 2.45) is 0 Å². The molecule has 6 nitrogen and oxygen atoms in total. The van der Waals surface area contributed by atoms with Gasteiger partial charge in [-0.05, 0) is 30.3 Å². The van der Waals surface area contributed by atoms with Crippen LogP contribution in [0.3, 0.4) is 0 Å². The molecule has 0 fully saturated rings. The fourth-order valence-corrected chi connectivity index (χ4v) is 3.38. The summed E-state index contributed by atoms with van der Waals surface area (Å²) in [6.45, 7) is -0.203. The Hall–Kier alpha value is -2.64. The average Bonchev–Trinajstić information content (AvgIpc) is 2.99. The highest BCUT2D eigenvalue weighted by atomic mass is 79.9. The minimum absolute atomic E-state index is 0.128. The fourth-order valence-electron chi connectivity index (χ4n) is 2.66. The van der Waals surface area contributed by atoms with Crippen LogP contribution in [-0.4, -0.2) is 15.5 Å². The molecule has 8 heteroatoms. The van der Waals surface area contributed by atoms with Crippen molar-refractivity contribution in [3.05, 3.63) is 68.6 Å². The number of nitrogens with zero attached hydrogens (tertiary/aromatic N) is 2. The molecule has 0 saturated carbocycles. The van der Waals surface area contributed by atoms with Crippen molar-refractivity contribution in [2.75, 3.05) is 5.32 Å². The zero-order valence-corrected chi connectivity index (χ0v) is 15.5. The van der Waals surface area contributed by atoms with Crippen LogP contribution in [-0.2, 0) is 11.3 Å². The van der Waals surface area contributed by atoms with Gasteiger partial charge >= 0.3 is 0 Å². The van der Waals surface area contributed by atoms with E-state index in [2.05, 4.69) is 26.2 Å². The predicted octanol–water partition coefficient (Wildman–Crippen LogP) is 4.20. The van der Waals surface area contributed by atoms with Gasteiger partial charge in [-0.2, -0.15) is 0 Å². The van der Waals surface area contributed by atoms with Crippen LogP contribution >= 0.6 is 27.5 Å². The first-order chi connectivity index (χ1) is 12.5. The van der Waals surface area contributed by atoms with E-state index in [0.29, 0.717) is 21.8 Å². The Bertz CT molecular complexity index is 1220. The molecular weight excluding hydrogens is 422 g/mol. The first kappa shape index (κ1) is 16.8. The molecule has 0 unspecified atom stereocenters. The molecule has 4 rings (SSSR count). The lowest BCUT2D eigenvalue weighted by Gasteiger charge is -2.08. The largest absolute Gasteiger partial charge is 0.448 e. The van der Waals surface area contributed by atoms with Gasteiger partial charge in [-0.15, -0.1) is 0 Å². The van der Waals surface area contributed by atoms with Crippen LogP contribution in [0.1, 0.15) is 0 Å². The van der Waals surface area contributed by atoms with Crippen LogP contribution in [0, 0.1) is 0 Å². The topological polar surface area (TPSA) is 77.1 Å². The minimum Gasteiger partial charge on any atom is -0.448 e. The highest BCUT2D eigenvalue weighted by molar-refractivity contribution is 9.10. The van der Waals surface area contributed by atoms with E-state index < -0.39 is 11.5 Å². The number of fused-ring (bicyclic) bond motifs is 3. The second-order valence-electron chi connectivity index (χ2n) is 5.63. The zero-order valence-electron chi connectivity index (χ0n) is 13.2. The zero-order chi connectivity index (χ0) is 18.3. The van der Waals surface area contributed by atoms with Crippen molar-refractivity contribution < 1.29 is 9.21 Å². The van der Waals surface area contributed by atoms with E-state index in [0.717, 1.165) is 9.86 Å². The average molecular weight is 433 g/mol. The number of nitrogens with one attached hydrogen (secondary N) is 1. The molecule has 1 amide bonds. The number of halogens is 2. The summed E-state index contributed by atoms with van der Waals surface area (Å²) in [5.41, 5.74) is 1.24. The number of carbonyl (C=O) groups excluding carboxylic acids is 1. The van der Waals surface area contributed by atoms with Gasteiger partial charge in [0.25, 0.3) is 5.56 Å². The highest BCUT2D eigenvalue weighted by Crippen LogP contribution is 2.26. The number of carbonyl (C=O) groups is 1. The fraction of sp³-hybridized carbons (Fsp3) is 0.0556. The third-order valence-corrected chi connectivity index (χ3v) is 4.68. The Balaban J connectivity index is 1.64. The van der Waals surface area contributed by atoms with Crippen LogP contribution in [0.15, 0.2) is 62.5 Å². The smallest absolute Gasteiger partial charge is 0.297 e. The summed E-state index contributed by atoms with van der Waals surface area (Å²) in [6, 6.07) is 12.4. The molecule has 0 radical (unpaired) electrons. The monoisotopic (exact) mass is 431 g/mol. The van der Waals surface area contributed by atoms with E-state index in [1.807, 2.05) is 18.2 Å². The van der Waals surface area contributed by atoms with Crippen LogP contribution in [0.4, 0.5) is 5.69 Å². The number of rotatable bonds is 3. The Morgan fingerprint density at radius 1 is 1.27 bits per heavy atom. The lowest BCUT2D eigenvalue weighted by Crippen LogP contribution is -2.27. The molecule has 2 heterocycles. The number of hydrogen-bond acceptors (Lipinski definition) is 4. The van der Waals surface area contributed by atoms with E-state index in [1.54, 1.807) is 24.3 Å². The quantitative estimate of drug-likeness (QED) is 0.526. The van der Waals surface area contributed by atoms with E-state index in [-0.39, 0.29) is 12.1 Å². The summed E-state index contributed by atoms with van der Waals surface area (Å²) in [4.78, 5) is 29.2. The highest BCUT2D eigenvalue weighted by Gasteiger charge is 2.15. The van der Waals surface area contributed by atoms with Gasteiger partial charge in [0.05, 0.1) is 17.0 Å². The van der Waals surface area contributed by atoms with E-state index >= 15 is 0 Å². The van der Waals surface area contributed by atoms with Gasteiger partial charge in [-0.25, -0.2) is 4.98 Å². The molecular formula is C18H11BrClN3O3. The molecule has 2 aromatic carbocycles. The van der Waals surface area contributed by atoms with Crippen LogP contribution in [0.5, 0.6) is 0 Å². The van der Waals surface area contributed by atoms with Gasteiger partial charge in [-0.3, -0.25) is 14.2 Å². The number of hydrogen-bond donors (Lipinski definition) is 1. The van der Waals surface area contributed by atoms with Crippen molar-refractivity contribution in [1.29, 1.82) is 0 Å². The van der Waals surface area contributed by atoms with Gasteiger partial charge in [-0.1, -0.05) is 39.7 Å². The normalized spacial score (nSPS) is 11.2. The Labute approximate surface area is 160 Å².